The van der Waals surface area contributed by atoms with E-state index in [1.165, 1.54) is 0 Å². The molecule has 0 atom stereocenters. The molecule has 1 aromatic carbocycles. The fourth-order valence-corrected chi connectivity index (χ4v) is 1.94. The highest BCUT2D eigenvalue weighted by Gasteiger charge is 2.31. The molecule has 148 valence electrons. The second kappa shape index (κ2) is 7.84. The zero-order valence-corrected chi connectivity index (χ0v) is 14.1. The summed E-state index contributed by atoms with van der Waals surface area (Å²) >= 11 is 0. The SMILES string of the molecule is Cc1cccc(C)c1Nc1nc(OCC(F)(F)F)nc(OCC(F)(F)F)n1. The molecule has 0 aliphatic carbocycles. The Hall–Kier alpha value is -2.79. The van der Waals surface area contributed by atoms with Crippen molar-refractivity contribution < 1.29 is 35.8 Å². The Morgan fingerprint density at radius 1 is 0.815 bits per heavy atom. The highest BCUT2D eigenvalue weighted by molar-refractivity contribution is 5.62. The van der Waals surface area contributed by atoms with Gasteiger partial charge in [0, 0.05) is 5.69 Å². The lowest BCUT2D eigenvalue weighted by molar-refractivity contribution is -0.156. The molecule has 1 N–H and O–H groups in total. The maximum absolute atomic E-state index is 12.3. The lowest BCUT2D eigenvalue weighted by Gasteiger charge is -2.14. The van der Waals surface area contributed by atoms with Crippen molar-refractivity contribution in [2.24, 2.45) is 0 Å². The van der Waals surface area contributed by atoms with Crippen molar-refractivity contribution >= 4 is 11.6 Å². The number of hydrogen-bond acceptors (Lipinski definition) is 6. The zero-order valence-electron chi connectivity index (χ0n) is 14.1. The number of rotatable bonds is 6. The Morgan fingerprint density at radius 3 is 1.67 bits per heavy atom. The van der Waals surface area contributed by atoms with Gasteiger partial charge in [0.25, 0.3) is 0 Å². The van der Waals surface area contributed by atoms with Gasteiger partial charge in [0.15, 0.2) is 13.2 Å². The van der Waals surface area contributed by atoms with Gasteiger partial charge in [-0.05, 0) is 25.0 Å². The van der Waals surface area contributed by atoms with Crippen molar-refractivity contribution in [2.45, 2.75) is 26.2 Å². The molecule has 0 unspecified atom stereocenters. The van der Waals surface area contributed by atoms with E-state index in [4.69, 9.17) is 0 Å². The first-order valence-electron chi connectivity index (χ1n) is 7.41. The highest BCUT2D eigenvalue weighted by Crippen LogP contribution is 2.25. The van der Waals surface area contributed by atoms with E-state index in [9.17, 15) is 26.3 Å². The second-order valence-electron chi connectivity index (χ2n) is 5.42. The number of halogens is 6. The third-order valence-electron chi connectivity index (χ3n) is 3.04. The Kier molecular flexibility index (Phi) is 5.96. The van der Waals surface area contributed by atoms with Crippen molar-refractivity contribution in [3.8, 4) is 12.0 Å². The summed E-state index contributed by atoms with van der Waals surface area (Å²) < 4.78 is 82.6. The van der Waals surface area contributed by atoms with Crippen molar-refractivity contribution in [3.05, 3.63) is 29.3 Å². The van der Waals surface area contributed by atoms with Gasteiger partial charge in [-0.1, -0.05) is 18.2 Å². The van der Waals surface area contributed by atoms with Crippen LogP contribution in [-0.4, -0.2) is 40.5 Å². The van der Waals surface area contributed by atoms with E-state index in [0.29, 0.717) is 5.69 Å². The quantitative estimate of drug-likeness (QED) is 0.741. The molecule has 6 nitrogen and oxygen atoms in total. The van der Waals surface area contributed by atoms with Gasteiger partial charge in [-0.2, -0.15) is 36.3 Å². The summed E-state index contributed by atoms with van der Waals surface area (Å²) in [4.78, 5) is 10.6. The van der Waals surface area contributed by atoms with Crippen LogP contribution in [0.2, 0.25) is 0 Å². The summed E-state index contributed by atoms with van der Waals surface area (Å²) in [5.74, 6) is -0.322. The molecular formula is C15H14F6N4O2. The summed E-state index contributed by atoms with van der Waals surface area (Å²) in [6, 6.07) is 3.62. The molecule has 0 aliphatic heterocycles. The lowest BCUT2D eigenvalue weighted by atomic mass is 10.1. The Bertz CT molecular complexity index is 738. The van der Waals surface area contributed by atoms with Gasteiger partial charge >= 0.3 is 24.4 Å². The minimum absolute atomic E-state index is 0.322. The van der Waals surface area contributed by atoms with E-state index in [1.807, 2.05) is 0 Å². The molecule has 0 spiro atoms. The average molecular weight is 396 g/mol. The third kappa shape index (κ3) is 6.79. The van der Waals surface area contributed by atoms with Gasteiger partial charge in [0.05, 0.1) is 0 Å². The number of para-hydroxylation sites is 1. The monoisotopic (exact) mass is 396 g/mol. The highest BCUT2D eigenvalue weighted by atomic mass is 19.4. The van der Waals surface area contributed by atoms with Gasteiger partial charge in [-0.3, -0.25) is 0 Å². The Morgan fingerprint density at radius 2 is 1.26 bits per heavy atom. The van der Waals surface area contributed by atoms with E-state index in [1.54, 1.807) is 32.0 Å². The lowest BCUT2D eigenvalue weighted by Crippen LogP contribution is -2.22. The smallest absolute Gasteiger partial charge is 0.422 e. The number of aryl methyl sites for hydroxylation is 2. The Balaban J connectivity index is 2.30. The number of nitrogens with one attached hydrogen (secondary N) is 1. The van der Waals surface area contributed by atoms with Gasteiger partial charge in [0.2, 0.25) is 5.95 Å². The van der Waals surface area contributed by atoms with Crippen LogP contribution in [0, 0.1) is 13.8 Å². The molecule has 0 saturated carbocycles. The third-order valence-corrected chi connectivity index (χ3v) is 3.04. The molecule has 0 radical (unpaired) electrons. The predicted octanol–water partition coefficient (Wildman–Crippen LogP) is 4.11. The number of ether oxygens (including phenoxy) is 2. The number of aromatic nitrogens is 3. The molecule has 0 aliphatic rings. The van der Waals surface area contributed by atoms with E-state index in [2.05, 4.69) is 29.7 Å². The normalized spacial score (nSPS) is 12.0. The first kappa shape index (κ1) is 20.5. The summed E-state index contributed by atoms with van der Waals surface area (Å²) in [5.41, 5.74) is 2.05. The fraction of sp³-hybridized carbons (Fsp3) is 0.400. The number of anilines is 2. The zero-order chi connectivity index (χ0) is 20.2. The number of hydrogen-bond donors (Lipinski definition) is 1. The van der Waals surface area contributed by atoms with Gasteiger partial charge < -0.3 is 14.8 Å². The summed E-state index contributed by atoms with van der Waals surface area (Å²) in [7, 11) is 0. The van der Waals surface area contributed by atoms with Crippen LogP contribution in [0.25, 0.3) is 0 Å². The van der Waals surface area contributed by atoms with Gasteiger partial charge in [-0.25, -0.2) is 0 Å². The molecule has 0 bridgehead atoms. The van der Waals surface area contributed by atoms with Crippen LogP contribution in [0.1, 0.15) is 11.1 Å². The molecule has 0 amide bonds. The largest absolute Gasteiger partial charge is 0.454 e. The van der Waals surface area contributed by atoms with Gasteiger partial charge in [-0.15, -0.1) is 4.98 Å². The average Bonchev–Trinajstić information content (AvgIpc) is 2.53. The van der Waals surface area contributed by atoms with Crippen LogP contribution in [-0.2, 0) is 0 Å². The van der Waals surface area contributed by atoms with Crippen LogP contribution in [0.4, 0.5) is 38.0 Å². The second-order valence-corrected chi connectivity index (χ2v) is 5.42. The predicted molar refractivity (Wildman–Crippen MR) is 82.1 cm³/mol. The van der Waals surface area contributed by atoms with Crippen molar-refractivity contribution in [3.63, 3.8) is 0 Å². The van der Waals surface area contributed by atoms with Crippen LogP contribution < -0.4 is 14.8 Å². The summed E-state index contributed by atoms with van der Waals surface area (Å²) in [5, 5.41) is 2.73. The molecule has 1 heterocycles. The molecule has 1 aromatic heterocycles. The van der Waals surface area contributed by atoms with E-state index < -0.39 is 37.6 Å². The topological polar surface area (TPSA) is 69.2 Å². The van der Waals surface area contributed by atoms with Crippen LogP contribution in [0.5, 0.6) is 12.0 Å². The molecule has 2 rings (SSSR count). The Labute approximate surface area is 149 Å². The minimum Gasteiger partial charge on any atom is -0.454 e. The van der Waals surface area contributed by atoms with Crippen LogP contribution in [0.15, 0.2) is 18.2 Å². The molecule has 12 heteroatoms. The minimum atomic E-state index is -4.68. The number of alkyl halides is 6. The van der Waals surface area contributed by atoms with Crippen molar-refractivity contribution in [1.82, 2.24) is 15.0 Å². The molecule has 0 saturated heterocycles. The summed E-state index contributed by atoms with van der Waals surface area (Å²) in [6.07, 6.45) is -9.36. The standard InChI is InChI=1S/C15H14F6N4O2/c1-8-4-3-5-9(2)10(8)22-11-23-12(26-6-14(16,17)18)25-13(24-11)27-7-15(19,20)21/h3-5H,6-7H2,1-2H3,(H,22,23,24,25). The van der Waals surface area contributed by atoms with Gasteiger partial charge in [0.1, 0.15) is 0 Å². The van der Waals surface area contributed by atoms with E-state index in [-0.39, 0.29) is 5.95 Å². The number of nitrogens with zero attached hydrogens (tertiary/aromatic N) is 3. The van der Waals surface area contributed by atoms with Crippen LogP contribution in [0.3, 0.4) is 0 Å². The maximum Gasteiger partial charge on any atom is 0.422 e. The maximum atomic E-state index is 12.3. The van der Waals surface area contributed by atoms with Crippen LogP contribution >= 0.6 is 0 Å². The van der Waals surface area contributed by atoms with Crippen molar-refractivity contribution in [2.75, 3.05) is 18.5 Å². The van der Waals surface area contributed by atoms with E-state index in [0.717, 1.165) is 11.1 Å². The molecule has 27 heavy (non-hydrogen) atoms. The molecule has 0 fully saturated rings. The molecule has 2 aromatic rings. The fourth-order valence-electron chi connectivity index (χ4n) is 1.94. The van der Waals surface area contributed by atoms with E-state index >= 15 is 0 Å². The molecular weight excluding hydrogens is 382 g/mol. The van der Waals surface area contributed by atoms with Crippen molar-refractivity contribution in [1.29, 1.82) is 0 Å². The first-order valence-corrected chi connectivity index (χ1v) is 7.41. The summed E-state index contributed by atoms with van der Waals surface area (Å²) in [6.45, 7) is 0.0500. The first-order chi connectivity index (χ1) is 12.4. The number of benzene rings is 1.